The first-order chi connectivity index (χ1) is 18.4. The number of carbonyl (C=O) groups is 1. The fourth-order valence-electron chi connectivity index (χ4n) is 5.51. The van der Waals surface area contributed by atoms with E-state index in [1.807, 2.05) is 11.6 Å². The lowest BCUT2D eigenvalue weighted by Crippen LogP contribution is -2.39. The molecule has 1 aliphatic heterocycles. The van der Waals surface area contributed by atoms with Gasteiger partial charge >= 0.3 is 0 Å². The van der Waals surface area contributed by atoms with Gasteiger partial charge in [-0.2, -0.15) is 5.10 Å². The number of nitrogens with zero attached hydrogens (tertiary/aromatic N) is 6. The van der Waals surface area contributed by atoms with E-state index in [0.29, 0.717) is 12.5 Å². The maximum Gasteiger partial charge on any atom is 0.225 e. The van der Waals surface area contributed by atoms with Crippen molar-refractivity contribution >= 4 is 22.8 Å². The highest BCUT2D eigenvalue weighted by molar-refractivity contribution is 5.91. The van der Waals surface area contributed by atoms with Gasteiger partial charge in [0.1, 0.15) is 17.5 Å². The van der Waals surface area contributed by atoms with Crippen LogP contribution in [0.1, 0.15) is 90.1 Å². The summed E-state index contributed by atoms with van der Waals surface area (Å²) < 4.78 is 15.5. The average Bonchev–Trinajstić information content (AvgIpc) is 3.08. The predicted molar refractivity (Wildman–Crippen MR) is 151 cm³/mol. The molecule has 3 heterocycles. The molecule has 38 heavy (non-hydrogen) atoms. The van der Waals surface area contributed by atoms with Crippen molar-refractivity contribution in [3.05, 3.63) is 41.6 Å². The van der Waals surface area contributed by atoms with Gasteiger partial charge in [0.25, 0.3) is 0 Å². The maximum atomic E-state index is 13.7. The number of hydrogen-bond donors (Lipinski definition) is 0. The van der Waals surface area contributed by atoms with Crippen molar-refractivity contribution in [2.75, 3.05) is 31.1 Å². The summed E-state index contributed by atoms with van der Waals surface area (Å²) >= 11 is 0. The Balaban J connectivity index is 1.70. The van der Waals surface area contributed by atoms with Gasteiger partial charge in [0.05, 0.1) is 16.8 Å². The zero-order valence-electron chi connectivity index (χ0n) is 23.7. The van der Waals surface area contributed by atoms with Crippen LogP contribution in [0.2, 0.25) is 0 Å². The van der Waals surface area contributed by atoms with Gasteiger partial charge in [0.2, 0.25) is 5.91 Å². The Kier molecular flexibility index (Phi) is 9.34. The minimum absolute atomic E-state index is 0.116. The minimum Gasteiger partial charge on any atom is -0.354 e. The van der Waals surface area contributed by atoms with Crippen molar-refractivity contribution in [2.24, 2.45) is 5.92 Å². The fraction of sp³-hybridized carbons (Fsp3) is 0.600. The van der Waals surface area contributed by atoms with E-state index in [-0.39, 0.29) is 17.7 Å². The predicted octanol–water partition coefficient (Wildman–Crippen LogP) is 6.42. The standard InChI is InChI=1S/C30H43FN6O/c1-6-9-12-23(8-3)30(38)36-18-10-17-35(19-20-36)28-26-22(5)34-37(25-15-13-24(31)14-16-25)29(26)33-27(32-28)21(4)11-7-2/h13-16,21,23H,6-12,17-20H2,1-5H3/t21-,23+/m1/s1. The monoisotopic (exact) mass is 522 g/mol. The molecule has 0 spiro atoms. The number of unbranched alkanes of at least 4 members (excludes halogenated alkanes) is 1. The summed E-state index contributed by atoms with van der Waals surface area (Å²) in [6.45, 7) is 13.7. The molecule has 3 aromatic rings. The number of rotatable bonds is 10. The summed E-state index contributed by atoms with van der Waals surface area (Å²) in [5, 5.41) is 5.75. The van der Waals surface area contributed by atoms with Crippen molar-refractivity contribution < 1.29 is 9.18 Å². The van der Waals surface area contributed by atoms with Crippen LogP contribution in [0.3, 0.4) is 0 Å². The summed E-state index contributed by atoms with van der Waals surface area (Å²) in [6.07, 6.45) is 7.01. The van der Waals surface area contributed by atoms with Crippen LogP contribution in [0.15, 0.2) is 24.3 Å². The number of aryl methyl sites for hydroxylation is 1. The number of amides is 1. The average molecular weight is 523 g/mol. The molecule has 7 nitrogen and oxygen atoms in total. The Morgan fingerprint density at radius 3 is 2.45 bits per heavy atom. The van der Waals surface area contributed by atoms with Crippen LogP contribution < -0.4 is 4.90 Å². The fourth-order valence-corrected chi connectivity index (χ4v) is 5.51. The normalized spacial score (nSPS) is 16.1. The second-order valence-corrected chi connectivity index (χ2v) is 10.7. The number of halogens is 1. The first-order valence-electron chi connectivity index (χ1n) is 14.4. The molecule has 1 fully saturated rings. The quantitative estimate of drug-likeness (QED) is 0.307. The Bertz CT molecular complexity index is 1220. The van der Waals surface area contributed by atoms with Gasteiger partial charge in [-0.25, -0.2) is 19.0 Å². The maximum absolute atomic E-state index is 13.7. The first kappa shape index (κ1) is 28.0. The van der Waals surface area contributed by atoms with Crippen molar-refractivity contribution in [1.29, 1.82) is 0 Å². The van der Waals surface area contributed by atoms with Crippen LogP contribution in [0, 0.1) is 18.7 Å². The van der Waals surface area contributed by atoms with Crippen LogP contribution >= 0.6 is 0 Å². The van der Waals surface area contributed by atoms with E-state index in [4.69, 9.17) is 15.1 Å². The van der Waals surface area contributed by atoms with Crippen molar-refractivity contribution in [1.82, 2.24) is 24.6 Å². The van der Waals surface area contributed by atoms with Crippen LogP contribution in [-0.2, 0) is 4.79 Å². The number of anilines is 1. The zero-order chi connectivity index (χ0) is 27.2. The molecule has 1 amide bonds. The largest absolute Gasteiger partial charge is 0.354 e. The topological polar surface area (TPSA) is 67.2 Å². The lowest BCUT2D eigenvalue weighted by molar-refractivity contribution is -0.135. The second-order valence-electron chi connectivity index (χ2n) is 10.7. The first-order valence-corrected chi connectivity index (χ1v) is 14.4. The third-order valence-corrected chi connectivity index (χ3v) is 7.79. The van der Waals surface area contributed by atoms with E-state index < -0.39 is 0 Å². The molecule has 0 unspecified atom stereocenters. The third-order valence-electron chi connectivity index (χ3n) is 7.79. The highest BCUT2D eigenvalue weighted by atomic mass is 19.1. The molecule has 0 aliphatic carbocycles. The lowest BCUT2D eigenvalue weighted by Gasteiger charge is -2.26. The number of aromatic nitrogens is 4. The summed E-state index contributed by atoms with van der Waals surface area (Å²) in [5.74, 6) is 2.04. The molecule has 2 aromatic heterocycles. The van der Waals surface area contributed by atoms with Crippen LogP contribution in [-0.4, -0.2) is 56.7 Å². The number of hydrogen-bond acceptors (Lipinski definition) is 5. The molecule has 0 radical (unpaired) electrons. The van der Waals surface area contributed by atoms with Crippen LogP contribution in [0.5, 0.6) is 0 Å². The molecule has 0 bridgehead atoms. The molecule has 206 valence electrons. The number of benzene rings is 1. The van der Waals surface area contributed by atoms with Gasteiger partial charge in [-0.3, -0.25) is 4.79 Å². The van der Waals surface area contributed by atoms with Gasteiger partial charge in [-0.1, -0.05) is 47.0 Å². The van der Waals surface area contributed by atoms with Gasteiger partial charge in [-0.15, -0.1) is 0 Å². The van der Waals surface area contributed by atoms with E-state index in [1.165, 1.54) is 12.1 Å². The van der Waals surface area contributed by atoms with Gasteiger partial charge in [0, 0.05) is 38.0 Å². The van der Waals surface area contributed by atoms with Gasteiger partial charge in [0.15, 0.2) is 5.65 Å². The lowest BCUT2D eigenvalue weighted by atomic mass is 9.97. The zero-order valence-corrected chi connectivity index (χ0v) is 23.7. The molecule has 1 saturated heterocycles. The minimum atomic E-state index is -0.279. The van der Waals surface area contributed by atoms with Crippen molar-refractivity contribution in [2.45, 2.75) is 85.5 Å². The van der Waals surface area contributed by atoms with Crippen molar-refractivity contribution in [3.8, 4) is 5.69 Å². The Labute approximate surface area is 226 Å². The number of carbonyl (C=O) groups excluding carboxylic acids is 1. The molecule has 0 N–H and O–H groups in total. The summed E-state index contributed by atoms with van der Waals surface area (Å²) in [7, 11) is 0. The highest BCUT2D eigenvalue weighted by Gasteiger charge is 2.28. The van der Waals surface area contributed by atoms with Crippen LogP contribution in [0.4, 0.5) is 10.2 Å². The molecule has 8 heteroatoms. The Morgan fingerprint density at radius 2 is 1.76 bits per heavy atom. The van der Waals surface area contributed by atoms with Gasteiger partial charge in [-0.05, 0) is 56.9 Å². The SMILES string of the molecule is CCCC[C@H](CC)C(=O)N1CCCN(c2nc([C@H](C)CCC)nc3c2c(C)nn3-c2ccc(F)cc2)CC1. The van der Waals surface area contributed by atoms with E-state index in [1.54, 1.807) is 12.1 Å². The Morgan fingerprint density at radius 1 is 1.00 bits per heavy atom. The highest BCUT2D eigenvalue weighted by Crippen LogP contribution is 2.32. The Hall–Kier alpha value is -3.03. The van der Waals surface area contributed by atoms with E-state index in [9.17, 15) is 9.18 Å². The smallest absolute Gasteiger partial charge is 0.225 e. The van der Waals surface area contributed by atoms with E-state index in [2.05, 4.69) is 37.5 Å². The number of fused-ring (bicyclic) bond motifs is 1. The molecule has 1 aliphatic rings. The molecule has 1 aromatic carbocycles. The van der Waals surface area contributed by atoms with Crippen LogP contribution in [0.25, 0.3) is 16.7 Å². The summed E-state index contributed by atoms with van der Waals surface area (Å²) in [4.78, 5) is 27.9. The molecule has 0 saturated carbocycles. The van der Waals surface area contributed by atoms with E-state index in [0.717, 1.165) is 98.6 Å². The van der Waals surface area contributed by atoms with Gasteiger partial charge < -0.3 is 9.80 Å². The van der Waals surface area contributed by atoms with Crippen molar-refractivity contribution in [3.63, 3.8) is 0 Å². The summed E-state index contributed by atoms with van der Waals surface area (Å²) in [6, 6.07) is 6.36. The summed E-state index contributed by atoms with van der Waals surface area (Å²) in [5.41, 5.74) is 2.37. The molecule has 4 rings (SSSR count). The third kappa shape index (κ3) is 6.00. The second kappa shape index (κ2) is 12.7. The van der Waals surface area contributed by atoms with E-state index >= 15 is 0 Å². The molecule has 2 atom stereocenters. The molecular formula is C30H43FN6O. The molecular weight excluding hydrogens is 479 g/mol.